The Morgan fingerprint density at radius 2 is 1.89 bits per heavy atom. The average molecular weight is 422 g/mol. The normalized spacial score (nSPS) is 17.0. The minimum Gasteiger partial charge on any atom is -0.483 e. The summed E-state index contributed by atoms with van der Waals surface area (Å²) in [6.45, 7) is 3.05. The predicted octanol–water partition coefficient (Wildman–Crippen LogP) is 4.02. The fraction of sp³-hybridized carbons (Fsp3) is 0.500. The first-order valence-electron chi connectivity index (χ1n) is 8.62. The van der Waals surface area contributed by atoms with Gasteiger partial charge in [-0.2, -0.15) is 21.6 Å². The van der Waals surface area contributed by atoms with E-state index in [2.05, 4.69) is 6.58 Å². The van der Waals surface area contributed by atoms with Crippen molar-refractivity contribution in [3.63, 3.8) is 0 Å². The van der Waals surface area contributed by atoms with Crippen LogP contribution in [0.3, 0.4) is 0 Å². The van der Waals surface area contributed by atoms with Crippen LogP contribution in [-0.2, 0) is 21.0 Å². The fourth-order valence-corrected chi connectivity index (χ4v) is 3.30. The Morgan fingerprint density at radius 3 is 2.43 bits per heavy atom. The van der Waals surface area contributed by atoms with Crippen LogP contribution in [0.25, 0.3) is 0 Å². The van der Waals surface area contributed by atoms with Crippen LogP contribution >= 0.6 is 0 Å². The van der Waals surface area contributed by atoms with Crippen molar-refractivity contribution in [1.29, 1.82) is 0 Å². The van der Waals surface area contributed by atoms with Crippen LogP contribution in [-0.4, -0.2) is 36.9 Å². The van der Waals surface area contributed by atoms with Crippen molar-refractivity contribution in [2.24, 2.45) is 0 Å². The van der Waals surface area contributed by atoms with Crippen LogP contribution in [0.15, 0.2) is 30.9 Å². The molecule has 0 heterocycles. The van der Waals surface area contributed by atoms with Crippen molar-refractivity contribution in [3.05, 3.63) is 42.0 Å². The van der Waals surface area contributed by atoms with Gasteiger partial charge in [0, 0.05) is 0 Å². The maximum Gasteiger partial charge on any atom is 0.419 e. The molecule has 28 heavy (non-hydrogen) atoms. The molecule has 10 heteroatoms. The number of alkyl halides is 3. The molecule has 0 spiro atoms. The molecule has 0 bridgehead atoms. The van der Waals surface area contributed by atoms with Gasteiger partial charge in [0.25, 0.3) is 10.1 Å². The van der Waals surface area contributed by atoms with E-state index in [0.29, 0.717) is 18.9 Å². The van der Waals surface area contributed by atoms with Gasteiger partial charge in [-0.3, -0.25) is 4.55 Å². The molecule has 156 valence electrons. The summed E-state index contributed by atoms with van der Waals surface area (Å²) < 4.78 is 80.5. The van der Waals surface area contributed by atoms with Crippen LogP contribution in [0.1, 0.15) is 48.0 Å². The Balaban J connectivity index is 2.29. The summed E-state index contributed by atoms with van der Waals surface area (Å²) in [7, 11) is -4.33. The predicted molar refractivity (Wildman–Crippen MR) is 94.8 cm³/mol. The molecular weight excluding hydrogens is 401 g/mol. The second-order valence-corrected chi connectivity index (χ2v) is 8.13. The van der Waals surface area contributed by atoms with Gasteiger partial charge in [0.1, 0.15) is 23.7 Å². The number of hydrogen-bond donors (Lipinski definition) is 1. The Hall–Kier alpha value is -2.07. The summed E-state index contributed by atoms with van der Waals surface area (Å²) in [6.07, 6.45) is 0.331. The SMILES string of the molecule is C=CC1(Oc2cc(C(=O)OCCS(=O)(=O)O)ccc2C(F)(F)F)CCCCC1. The van der Waals surface area contributed by atoms with Crippen molar-refractivity contribution in [2.75, 3.05) is 12.4 Å². The van der Waals surface area contributed by atoms with Crippen LogP contribution in [0.5, 0.6) is 5.75 Å². The summed E-state index contributed by atoms with van der Waals surface area (Å²) in [6, 6.07) is 2.57. The lowest BCUT2D eigenvalue weighted by Crippen LogP contribution is -2.36. The van der Waals surface area contributed by atoms with E-state index in [1.165, 1.54) is 6.08 Å². The summed E-state index contributed by atoms with van der Waals surface area (Å²) >= 11 is 0. The van der Waals surface area contributed by atoms with Gasteiger partial charge in [-0.15, -0.1) is 0 Å². The zero-order valence-corrected chi connectivity index (χ0v) is 15.8. The third-order valence-electron chi connectivity index (χ3n) is 4.48. The average Bonchev–Trinajstić information content (AvgIpc) is 2.60. The molecular formula is C18H21F3O6S. The minimum absolute atomic E-state index is 0.228. The highest BCUT2D eigenvalue weighted by molar-refractivity contribution is 7.85. The zero-order chi connectivity index (χ0) is 21.0. The lowest BCUT2D eigenvalue weighted by molar-refractivity contribution is -0.139. The van der Waals surface area contributed by atoms with Gasteiger partial charge in [-0.05, 0) is 50.0 Å². The van der Waals surface area contributed by atoms with Crippen molar-refractivity contribution in [3.8, 4) is 5.75 Å². The Labute approximate surface area is 161 Å². The lowest BCUT2D eigenvalue weighted by Gasteiger charge is -2.35. The molecule has 0 aliphatic heterocycles. The van der Waals surface area contributed by atoms with Gasteiger partial charge >= 0.3 is 12.1 Å². The van der Waals surface area contributed by atoms with Gasteiger partial charge < -0.3 is 9.47 Å². The quantitative estimate of drug-likeness (QED) is 0.406. The molecule has 0 amide bonds. The maximum atomic E-state index is 13.4. The van der Waals surface area contributed by atoms with Gasteiger partial charge in [0.15, 0.2) is 0 Å². The molecule has 0 radical (unpaired) electrons. The first-order valence-corrected chi connectivity index (χ1v) is 10.2. The van der Waals surface area contributed by atoms with Crippen molar-refractivity contribution >= 4 is 16.1 Å². The Bertz CT molecular complexity index is 826. The van der Waals surface area contributed by atoms with E-state index in [9.17, 15) is 26.4 Å². The number of halogens is 3. The standard InChI is InChI=1S/C18H21F3O6S/c1-2-17(8-4-3-5-9-17)27-15-12-13(6-7-14(15)18(19,20)21)16(22)26-10-11-28(23,24)25/h2,6-7,12H,1,3-5,8-11H2,(H,23,24,25). The number of ether oxygens (including phenoxy) is 2. The molecule has 1 saturated carbocycles. The zero-order valence-electron chi connectivity index (χ0n) is 15.0. The monoisotopic (exact) mass is 422 g/mol. The Morgan fingerprint density at radius 1 is 1.25 bits per heavy atom. The van der Waals surface area contributed by atoms with E-state index in [-0.39, 0.29) is 5.56 Å². The molecule has 2 rings (SSSR count). The molecule has 6 nitrogen and oxygen atoms in total. The van der Waals surface area contributed by atoms with Crippen LogP contribution in [0, 0.1) is 0 Å². The molecule has 0 unspecified atom stereocenters. The van der Waals surface area contributed by atoms with Crippen LogP contribution in [0.2, 0.25) is 0 Å². The molecule has 1 aliphatic rings. The number of carbonyl (C=O) groups excluding carboxylic acids is 1. The number of benzene rings is 1. The number of carbonyl (C=O) groups is 1. The fourth-order valence-electron chi connectivity index (χ4n) is 3.01. The summed E-state index contributed by atoms with van der Waals surface area (Å²) in [5, 5.41) is 0. The third-order valence-corrected chi connectivity index (χ3v) is 5.16. The number of esters is 1. The largest absolute Gasteiger partial charge is 0.483 e. The smallest absolute Gasteiger partial charge is 0.419 e. The summed E-state index contributed by atoms with van der Waals surface area (Å²) in [5.74, 6) is -2.36. The third kappa shape index (κ3) is 5.96. The lowest BCUT2D eigenvalue weighted by atomic mass is 9.84. The molecule has 1 aromatic rings. The van der Waals surface area contributed by atoms with E-state index in [4.69, 9.17) is 14.0 Å². The topological polar surface area (TPSA) is 89.9 Å². The van der Waals surface area contributed by atoms with E-state index < -0.39 is 51.5 Å². The molecule has 1 aromatic carbocycles. The minimum atomic E-state index is -4.69. The van der Waals surface area contributed by atoms with E-state index in [1.54, 1.807) is 0 Å². The highest BCUT2D eigenvalue weighted by Gasteiger charge is 2.38. The van der Waals surface area contributed by atoms with Gasteiger partial charge in [0.05, 0.1) is 11.1 Å². The molecule has 0 aromatic heterocycles. The van der Waals surface area contributed by atoms with Crippen LogP contribution < -0.4 is 4.74 Å². The van der Waals surface area contributed by atoms with Gasteiger partial charge in [-0.1, -0.05) is 13.0 Å². The molecule has 0 saturated heterocycles. The Kier molecular flexibility index (Phi) is 6.76. The van der Waals surface area contributed by atoms with Crippen molar-refractivity contribution in [2.45, 2.75) is 43.9 Å². The van der Waals surface area contributed by atoms with E-state index in [0.717, 1.165) is 31.4 Å². The first kappa shape index (κ1) is 22.2. The number of rotatable bonds is 7. The van der Waals surface area contributed by atoms with Gasteiger partial charge in [-0.25, -0.2) is 4.79 Å². The summed E-state index contributed by atoms with van der Waals surface area (Å²) in [4.78, 5) is 12.0. The van der Waals surface area contributed by atoms with Crippen molar-refractivity contribution in [1.82, 2.24) is 0 Å². The highest BCUT2D eigenvalue weighted by Crippen LogP contribution is 2.41. The molecule has 1 aliphatic carbocycles. The van der Waals surface area contributed by atoms with E-state index in [1.807, 2.05) is 0 Å². The highest BCUT2D eigenvalue weighted by atomic mass is 32.2. The number of hydrogen-bond acceptors (Lipinski definition) is 5. The molecule has 0 atom stereocenters. The first-order chi connectivity index (χ1) is 13.0. The van der Waals surface area contributed by atoms with E-state index >= 15 is 0 Å². The second-order valence-electron chi connectivity index (χ2n) is 6.56. The maximum absolute atomic E-state index is 13.4. The molecule has 1 fully saturated rings. The van der Waals surface area contributed by atoms with Gasteiger partial charge in [0.2, 0.25) is 0 Å². The summed E-state index contributed by atoms with van der Waals surface area (Å²) in [5.41, 5.74) is -2.21. The molecule has 1 N–H and O–H groups in total. The van der Waals surface area contributed by atoms with Crippen molar-refractivity contribution < 1.29 is 40.4 Å². The van der Waals surface area contributed by atoms with Crippen LogP contribution in [0.4, 0.5) is 13.2 Å². The second kappa shape index (κ2) is 8.52.